The van der Waals surface area contributed by atoms with Gasteiger partial charge in [-0.2, -0.15) is 0 Å². The van der Waals surface area contributed by atoms with E-state index in [2.05, 4.69) is 31.7 Å². The monoisotopic (exact) mass is 196 g/mol. The first-order valence-electron chi connectivity index (χ1n) is 5.64. The normalized spacial score (nSPS) is 19.6. The Kier molecular flexibility index (Phi) is 4.14. The summed E-state index contributed by atoms with van der Waals surface area (Å²) in [4.78, 5) is 2.51. The lowest BCUT2D eigenvalue weighted by atomic mass is 10.00. The van der Waals surface area contributed by atoms with Crippen molar-refractivity contribution in [3.8, 4) is 0 Å². The fraction of sp³-hybridized carbons (Fsp3) is 0.833. The van der Waals surface area contributed by atoms with Crippen LogP contribution in [0, 0.1) is 0 Å². The molecule has 0 amide bonds. The highest BCUT2D eigenvalue weighted by molar-refractivity contribution is 5.03. The SMILES string of the molecule is CC1=CCN(CCCC(C)(C)N)CC1. The molecule has 0 atom stereocenters. The molecule has 2 nitrogen and oxygen atoms in total. The Bertz CT molecular complexity index is 201. The van der Waals surface area contributed by atoms with Crippen molar-refractivity contribution in [1.29, 1.82) is 0 Å². The van der Waals surface area contributed by atoms with Crippen LogP contribution in [0.25, 0.3) is 0 Å². The van der Waals surface area contributed by atoms with E-state index in [4.69, 9.17) is 5.73 Å². The Balaban J connectivity index is 2.14. The van der Waals surface area contributed by atoms with Crippen molar-refractivity contribution in [1.82, 2.24) is 4.90 Å². The lowest BCUT2D eigenvalue weighted by Crippen LogP contribution is -2.34. The largest absolute Gasteiger partial charge is 0.326 e. The molecule has 0 bridgehead atoms. The van der Waals surface area contributed by atoms with Gasteiger partial charge in [-0.1, -0.05) is 11.6 Å². The minimum atomic E-state index is 0.00153. The van der Waals surface area contributed by atoms with Crippen molar-refractivity contribution in [2.24, 2.45) is 5.73 Å². The number of rotatable bonds is 4. The number of hydrogen-bond acceptors (Lipinski definition) is 2. The first-order chi connectivity index (χ1) is 6.47. The van der Waals surface area contributed by atoms with Crippen LogP contribution in [-0.2, 0) is 0 Å². The first-order valence-corrected chi connectivity index (χ1v) is 5.64. The summed E-state index contributed by atoms with van der Waals surface area (Å²) in [7, 11) is 0. The van der Waals surface area contributed by atoms with Crippen molar-refractivity contribution < 1.29 is 0 Å². The molecule has 0 unspecified atom stereocenters. The second-order valence-corrected chi connectivity index (χ2v) is 5.19. The second-order valence-electron chi connectivity index (χ2n) is 5.19. The fourth-order valence-electron chi connectivity index (χ4n) is 1.77. The van der Waals surface area contributed by atoms with E-state index in [0.717, 1.165) is 13.0 Å². The highest BCUT2D eigenvalue weighted by Crippen LogP contribution is 2.12. The van der Waals surface area contributed by atoms with Gasteiger partial charge in [-0.05, 0) is 46.6 Å². The molecule has 1 heterocycles. The minimum Gasteiger partial charge on any atom is -0.326 e. The number of nitrogens with zero attached hydrogens (tertiary/aromatic N) is 1. The second kappa shape index (κ2) is 4.94. The molecule has 2 heteroatoms. The molecule has 0 aliphatic carbocycles. The van der Waals surface area contributed by atoms with Gasteiger partial charge in [0.25, 0.3) is 0 Å². The van der Waals surface area contributed by atoms with Crippen LogP contribution in [0.2, 0.25) is 0 Å². The maximum atomic E-state index is 5.94. The highest BCUT2D eigenvalue weighted by atomic mass is 15.1. The maximum Gasteiger partial charge on any atom is 0.0165 e. The van der Waals surface area contributed by atoms with Crippen LogP contribution < -0.4 is 5.73 Å². The van der Waals surface area contributed by atoms with Crippen molar-refractivity contribution in [2.45, 2.75) is 45.6 Å². The van der Waals surface area contributed by atoms with Gasteiger partial charge < -0.3 is 5.73 Å². The molecule has 1 aliphatic rings. The summed E-state index contributed by atoms with van der Waals surface area (Å²) in [5.41, 5.74) is 7.49. The van der Waals surface area contributed by atoms with Crippen LogP contribution in [0.4, 0.5) is 0 Å². The minimum absolute atomic E-state index is 0.00153. The fourth-order valence-corrected chi connectivity index (χ4v) is 1.77. The van der Waals surface area contributed by atoms with Gasteiger partial charge >= 0.3 is 0 Å². The molecule has 0 saturated carbocycles. The Morgan fingerprint density at radius 3 is 2.71 bits per heavy atom. The van der Waals surface area contributed by atoms with Crippen LogP contribution >= 0.6 is 0 Å². The number of nitrogens with two attached hydrogens (primary N) is 1. The molecule has 1 rings (SSSR count). The van der Waals surface area contributed by atoms with Crippen LogP contribution in [0.15, 0.2) is 11.6 Å². The van der Waals surface area contributed by atoms with E-state index in [9.17, 15) is 0 Å². The molecular weight excluding hydrogens is 172 g/mol. The van der Waals surface area contributed by atoms with Crippen LogP contribution in [0.1, 0.15) is 40.0 Å². The van der Waals surface area contributed by atoms with E-state index in [1.807, 2.05) is 0 Å². The smallest absolute Gasteiger partial charge is 0.0165 e. The van der Waals surface area contributed by atoms with E-state index >= 15 is 0 Å². The van der Waals surface area contributed by atoms with Crippen LogP contribution in [0.3, 0.4) is 0 Å². The Labute approximate surface area is 88.2 Å². The maximum absolute atomic E-state index is 5.94. The molecule has 0 aromatic carbocycles. The molecule has 2 N–H and O–H groups in total. The van der Waals surface area contributed by atoms with Gasteiger partial charge in [-0.15, -0.1) is 0 Å². The van der Waals surface area contributed by atoms with Gasteiger partial charge in [0.15, 0.2) is 0 Å². The topological polar surface area (TPSA) is 29.3 Å². The third-order valence-corrected chi connectivity index (χ3v) is 2.82. The first kappa shape index (κ1) is 11.7. The summed E-state index contributed by atoms with van der Waals surface area (Å²) in [6.45, 7) is 10.00. The summed E-state index contributed by atoms with van der Waals surface area (Å²) in [6, 6.07) is 0. The van der Waals surface area contributed by atoms with E-state index in [1.54, 1.807) is 5.57 Å². The third-order valence-electron chi connectivity index (χ3n) is 2.82. The van der Waals surface area contributed by atoms with Crippen LogP contribution in [0.5, 0.6) is 0 Å². The highest BCUT2D eigenvalue weighted by Gasteiger charge is 2.12. The molecular formula is C12H24N2. The summed E-state index contributed by atoms with van der Waals surface area (Å²) in [5.74, 6) is 0. The predicted molar refractivity (Wildman–Crippen MR) is 62.3 cm³/mol. The van der Waals surface area contributed by atoms with Crippen LogP contribution in [-0.4, -0.2) is 30.1 Å². The van der Waals surface area contributed by atoms with Gasteiger partial charge in [0.2, 0.25) is 0 Å². The molecule has 0 aromatic heterocycles. The van der Waals surface area contributed by atoms with Crippen molar-refractivity contribution >= 4 is 0 Å². The molecule has 0 saturated heterocycles. The summed E-state index contributed by atoms with van der Waals surface area (Å²) in [5, 5.41) is 0. The molecule has 82 valence electrons. The molecule has 14 heavy (non-hydrogen) atoms. The van der Waals surface area contributed by atoms with Gasteiger partial charge in [0.1, 0.15) is 0 Å². The summed E-state index contributed by atoms with van der Waals surface area (Å²) in [6.07, 6.45) is 5.92. The zero-order valence-corrected chi connectivity index (χ0v) is 9.84. The van der Waals surface area contributed by atoms with E-state index < -0.39 is 0 Å². The van der Waals surface area contributed by atoms with Crippen molar-refractivity contribution in [3.63, 3.8) is 0 Å². The summed E-state index contributed by atoms with van der Waals surface area (Å²) < 4.78 is 0. The molecule has 0 aromatic rings. The Hall–Kier alpha value is -0.340. The molecule has 1 aliphatic heterocycles. The molecule has 0 fully saturated rings. The van der Waals surface area contributed by atoms with Crippen molar-refractivity contribution in [2.75, 3.05) is 19.6 Å². The standard InChI is InChI=1S/C12H24N2/c1-11-5-9-14(10-6-11)8-4-7-12(2,3)13/h5H,4,6-10,13H2,1-3H3. The van der Waals surface area contributed by atoms with Gasteiger partial charge in [0, 0.05) is 18.6 Å². The molecule has 0 spiro atoms. The quantitative estimate of drug-likeness (QED) is 0.698. The number of hydrogen-bond donors (Lipinski definition) is 1. The van der Waals surface area contributed by atoms with Crippen molar-refractivity contribution in [3.05, 3.63) is 11.6 Å². The zero-order valence-electron chi connectivity index (χ0n) is 9.84. The van der Waals surface area contributed by atoms with E-state index in [-0.39, 0.29) is 5.54 Å². The third kappa shape index (κ3) is 4.77. The Morgan fingerprint density at radius 1 is 1.50 bits per heavy atom. The lowest BCUT2D eigenvalue weighted by molar-refractivity contribution is 0.276. The van der Waals surface area contributed by atoms with E-state index in [1.165, 1.54) is 25.9 Å². The van der Waals surface area contributed by atoms with E-state index in [0.29, 0.717) is 0 Å². The van der Waals surface area contributed by atoms with Gasteiger partial charge in [-0.3, -0.25) is 4.90 Å². The Morgan fingerprint density at radius 2 is 2.21 bits per heavy atom. The average molecular weight is 196 g/mol. The molecule has 0 radical (unpaired) electrons. The average Bonchev–Trinajstić information content (AvgIpc) is 2.06. The van der Waals surface area contributed by atoms with Gasteiger partial charge in [-0.25, -0.2) is 0 Å². The predicted octanol–water partition coefficient (Wildman–Crippen LogP) is 2.16. The zero-order chi connectivity index (χ0) is 10.6. The van der Waals surface area contributed by atoms with Gasteiger partial charge in [0.05, 0.1) is 0 Å². The summed E-state index contributed by atoms with van der Waals surface area (Å²) >= 11 is 0. The lowest BCUT2D eigenvalue weighted by Gasteiger charge is -2.26.